The Morgan fingerprint density at radius 2 is 1.76 bits per heavy atom. The van der Waals surface area contributed by atoms with Crippen LogP contribution in [0.15, 0.2) is 29.2 Å². The molecule has 1 heterocycles. The molecule has 1 aliphatic rings. The largest absolute Gasteiger partial charge is 0.374 e. The van der Waals surface area contributed by atoms with Gasteiger partial charge >= 0.3 is 0 Å². The molecule has 0 bridgehead atoms. The molecule has 0 N–H and O–H groups in total. The van der Waals surface area contributed by atoms with Gasteiger partial charge in [0.05, 0.1) is 10.5 Å². The lowest BCUT2D eigenvalue weighted by molar-refractivity contribution is 0.0192. The predicted molar refractivity (Wildman–Crippen MR) is 83.6 cm³/mol. The highest BCUT2D eigenvalue weighted by Crippen LogP contribution is 2.30. The molecule has 118 valence electrons. The van der Waals surface area contributed by atoms with Gasteiger partial charge in [0, 0.05) is 19.7 Å². The van der Waals surface area contributed by atoms with Crippen LogP contribution in [0.5, 0.6) is 0 Å². The van der Waals surface area contributed by atoms with Crippen LogP contribution in [0.1, 0.15) is 39.7 Å². The van der Waals surface area contributed by atoms with Gasteiger partial charge in [-0.05, 0) is 50.8 Å². The minimum atomic E-state index is -3.40. The maximum Gasteiger partial charge on any atom is 0.243 e. The molecule has 1 aromatic carbocycles. The van der Waals surface area contributed by atoms with E-state index in [1.54, 1.807) is 23.5 Å². The van der Waals surface area contributed by atoms with Gasteiger partial charge in [-0.2, -0.15) is 4.31 Å². The van der Waals surface area contributed by atoms with Crippen molar-refractivity contribution in [3.05, 3.63) is 29.8 Å². The fourth-order valence-corrected chi connectivity index (χ4v) is 4.64. The molecule has 0 spiro atoms. The second-order valence-electron chi connectivity index (χ2n) is 6.50. The fraction of sp³-hybridized carbons (Fsp3) is 0.625. The van der Waals surface area contributed by atoms with Crippen molar-refractivity contribution in [2.24, 2.45) is 5.92 Å². The summed E-state index contributed by atoms with van der Waals surface area (Å²) in [5.74, 6) is 0.418. The number of hydrogen-bond acceptors (Lipinski definition) is 3. The molecule has 4 nitrogen and oxygen atoms in total. The van der Waals surface area contributed by atoms with Gasteiger partial charge in [-0.15, -0.1) is 0 Å². The zero-order chi connectivity index (χ0) is 15.8. The molecule has 1 saturated heterocycles. The summed E-state index contributed by atoms with van der Waals surface area (Å²) in [5.41, 5.74) is 0.546. The smallest absolute Gasteiger partial charge is 0.243 e. The maximum absolute atomic E-state index is 12.7. The molecule has 2 rings (SSSR count). The highest BCUT2D eigenvalue weighted by Gasteiger charge is 2.36. The van der Waals surface area contributed by atoms with Crippen molar-refractivity contribution in [2.75, 3.05) is 13.7 Å². The molecule has 2 atom stereocenters. The van der Waals surface area contributed by atoms with Crippen LogP contribution in [0.4, 0.5) is 0 Å². The van der Waals surface area contributed by atoms with Crippen LogP contribution >= 0.6 is 0 Å². The summed E-state index contributed by atoms with van der Waals surface area (Å²) in [4.78, 5) is 0.360. The molecule has 2 unspecified atom stereocenters. The van der Waals surface area contributed by atoms with Gasteiger partial charge in [-0.1, -0.05) is 19.1 Å². The summed E-state index contributed by atoms with van der Waals surface area (Å²) in [6.45, 7) is 8.59. The number of nitrogens with zero attached hydrogens (tertiary/aromatic N) is 1. The lowest BCUT2D eigenvalue weighted by Gasteiger charge is -2.24. The Bertz CT molecular complexity index is 592. The van der Waals surface area contributed by atoms with Crippen LogP contribution in [0.2, 0.25) is 0 Å². The molecule has 0 aliphatic carbocycles. The van der Waals surface area contributed by atoms with E-state index in [4.69, 9.17) is 4.74 Å². The Labute approximate surface area is 128 Å². The quantitative estimate of drug-likeness (QED) is 0.859. The van der Waals surface area contributed by atoms with Crippen LogP contribution in [0.3, 0.4) is 0 Å². The van der Waals surface area contributed by atoms with E-state index in [0.717, 1.165) is 12.0 Å². The molecule has 1 aromatic rings. The second-order valence-corrected chi connectivity index (χ2v) is 8.39. The van der Waals surface area contributed by atoms with E-state index in [9.17, 15) is 8.42 Å². The van der Waals surface area contributed by atoms with Crippen LogP contribution in [-0.4, -0.2) is 32.4 Å². The monoisotopic (exact) mass is 311 g/mol. The van der Waals surface area contributed by atoms with Crippen molar-refractivity contribution in [1.29, 1.82) is 0 Å². The Hall–Kier alpha value is -0.910. The first-order valence-corrected chi connectivity index (χ1v) is 8.80. The van der Waals surface area contributed by atoms with E-state index in [1.807, 2.05) is 32.9 Å². The van der Waals surface area contributed by atoms with Crippen LogP contribution in [0.25, 0.3) is 0 Å². The zero-order valence-electron chi connectivity index (χ0n) is 13.5. The van der Waals surface area contributed by atoms with Gasteiger partial charge in [0.1, 0.15) is 0 Å². The molecule has 21 heavy (non-hydrogen) atoms. The van der Waals surface area contributed by atoms with Gasteiger partial charge in [0.25, 0.3) is 0 Å². The van der Waals surface area contributed by atoms with Crippen molar-refractivity contribution in [1.82, 2.24) is 4.31 Å². The lowest BCUT2D eigenvalue weighted by atomic mass is 9.98. The Balaban J connectivity index is 2.30. The first-order chi connectivity index (χ1) is 9.68. The van der Waals surface area contributed by atoms with Crippen molar-refractivity contribution in [3.63, 3.8) is 0 Å². The third kappa shape index (κ3) is 3.15. The third-order valence-electron chi connectivity index (χ3n) is 4.39. The SMILES string of the molecule is COC(C)(C)c1ccc(S(=O)(=O)N2CC(C)CC2C)cc1. The number of benzene rings is 1. The highest BCUT2D eigenvalue weighted by molar-refractivity contribution is 7.89. The minimum Gasteiger partial charge on any atom is -0.374 e. The minimum absolute atomic E-state index is 0.0695. The summed E-state index contributed by atoms with van der Waals surface area (Å²) in [6, 6.07) is 7.10. The average molecular weight is 311 g/mol. The molecule has 0 aromatic heterocycles. The predicted octanol–water partition coefficient (Wildman–Crippen LogP) is 2.99. The Kier molecular flexibility index (Phi) is 4.47. The van der Waals surface area contributed by atoms with Crippen molar-refractivity contribution in [3.8, 4) is 0 Å². The van der Waals surface area contributed by atoms with E-state index in [1.165, 1.54) is 0 Å². The molecular weight excluding hydrogens is 286 g/mol. The Morgan fingerprint density at radius 1 is 1.19 bits per heavy atom. The van der Waals surface area contributed by atoms with Gasteiger partial charge in [0.15, 0.2) is 0 Å². The second kappa shape index (κ2) is 5.71. The zero-order valence-corrected chi connectivity index (χ0v) is 14.3. The van der Waals surface area contributed by atoms with Crippen molar-refractivity contribution >= 4 is 10.0 Å². The lowest BCUT2D eigenvalue weighted by Crippen LogP contribution is -2.34. The van der Waals surface area contributed by atoms with Gasteiger partial charge in [-0.3, -0.25) is 0 Å². The molecule has 1 aliphatic heterocycles. The van der Waals surface area contributed by atoms with Gasteiger partial charge in [0.2, 0.25) is 10.0 Å². The summed E-state index contributed by atoms with van der Waals surface area (Å²) >= 11 is 0. The summed E-state index contributed by atoms with van der Waals surface area (Å²) in [6.07, 6.45) is 0.925. The van der Waals surface area contributed by atoms with E-state index >= 15 is 0 Å². The van der Waals surface area contributed by atoms with E-state index < -0.39 is 15.6 Å². The topological polar surface area (TPSA) is 46.6 Å². The van der Waals surface area contributed by atoms with E-state index in [0.29, 0.717) is 17.4 Å². The van der Waals surface area contributed by atoms with Gasteiger partial charge < -0.3 is 4.74 Å². The molecule has 1 fully saturated rings. The Morgan fingerprint density at radius 3 is 2.19 bits per heavy atom. The molecule has 0 amide bonds. The van der Waals surface area contributed by atoms with E-state index in [2.05, 4.69) is 6.92 Å². The molecule has 0 saturated carbocycles. The maximum atomic E-state index is 12.7. The molecule has 5 heteroatoms. The van der Waals surface area contributed by atoms with Crippen LogP contribution in [0, 0.1) is 5.92 Å². The van der Waals surface area contributed by atoms with Crippen LogP contribution in [-0.2, 0) is 20.4 Å². The highest BCUT2D eigenvalue weighted by atomic mass is 32.2. The van der Waals surface area contributed by atoms with Gasteiger partial charge in [-0.25, -0.2) is 8.42 Å². The number of rotatable bonds is 4. The normalized spacial score (nSPS) is 24.4. The number of hydrogen-bond donors (Lipinski definition) is 0. The number of sulfonamides is 1. The first kappa shape index (κ1) is 16.5. The fourth-order valence-electron chi connectivity index (χ4n) is 2.88. The average Bonchev–Trinajstić information content (AvgIpc) is 2.78. The molecular formula is C16H25NO3S. The molecule has 0 radical (unpaired) electrons. The third-order valence-corrected chi connectivity index (χ3v) is 6.39. The summed E-state index contributed by atoms with van der Waals surface area (Å²) < 4.78 is 32.5. The standard InChI is InChI=1S/C16H25NO3S/c1-12-10-13(2)17(11-12)21(18,19)15-8-6-14(7-9-15)16(3,4)20-5/h6-9,12-13H,10-11H2,1-5H3. The van der Waals surface area contributed by atoms with Crippen molar-refractivity contribution < 1.29 is 13.2 Å². The first-order valence-electron chi connectivity index (χ1n) is 7.36. The van der Waals surface area contributed by atoms with E-state index in [-0.39, 0.29) is 6.04 Å². The van der Waals surface area contributed by atoms with Crippen LogP contribution < -0.4 is 0 Å². The van der Waals surface area contributed by atoms with Crippen molar-refractivity contribution in [2.45, 2.75) is 50.7 Å². The number of ether oxygens (including phenoxy) is 1. The summed E-state index contributed by atoms with van der Waals surface area (Å²) in [5, 5.41) is 0. The number of methoxy groups -OCH3 is 1. The summed E-state index contributed by atoms with van der Waals surface area (Å²) in [7, 11) is -1.75.